The molecule has 0 aliphatic rings. The Morgan fingerprint density at radius 1 is 0.885 bits per heavy atom. The van der Waals surface area contributed by atoms with Crippen molar-refractivity contribution >= 4 is 11.9 Å². The van der Waals surface area contributed by atoms with E-state index in [4.69, 9.17) is 0 Å². The summed E-state index contributed by atoms with van der Waals surface area (Å²) in [4.78, 5) is 3.87. The van der Waals surface area contributed by atoms with Gasteiger partial charge >= 0.3 is 0 Å². The zero-order valence-corrected chi connectivity index (χ0v) is 14.6. The van der Waals surface area contributed by atoms with Crippen molar-refractivity contribution in [1.29, 1.82) is 0 Å². The standard InChI is InChI=1S/C22H19F2NO/c1-14(2)15-9-11-16(12-10-15)18-6-3-5-17(22(18)26)13-25-21-19(23)7-4-8-20(21)24/h3-14,26H,1-2H3. The third kappa shape index (κ3) is 3.64. The van der Waals surface area contributed by atoms with Crippen LogP contribution in [0.4, 0.5) is 14.5 Å². The number of rotatable bonds is 4. The predicted octanol–water partition coefficient (Wildman–Crippen LogP) is 6.21. The monoisotopic (exact) mass is 351 g/mol. The van der Waals surface area contributed by atoms with Gasteiger partial charge in [-0.3, -0.25) is 0 Å². The molecule has 0 amide bonds. The van der Waals surface area contributed by atoms with Crippen molar-refractivity contribution in [2.45, 2.75) is 19.8 Å². The molecule has 0 unspecified atom stereocenters. The van der Waals surface area contributed by atoms with Crippen LogP contribution in [0, 0.1) is 11.6 Å². The van der Waals surface area contributed by atoms with Crippen molar-refractivity contribution in [3.63, 3.8) is 0 Å². The zero-order valence-electron chi connectivity index (χ0n) is 14.6. The molecule has 0 saturated heterocycles. The second-order valence-corrected chi connectivity index (χ2v) is 6.35. The number of hydrogen-bond donors (Lipinski definition) is 1. The van der Waals surface area contributed by atoms with Crippen molar-refractivity contribution < 1.29 is 13.9 Å². The van der Waals surface area contributed by atoms with Gasteiger partial charge < -0.3 is 5.11 Å². The van der Waals surface area contributed by atoms with E-state index in [-0.39, 0.29) is 11.4 Å². The van der Waals surface area contributed by atoms with Gasteiger partial charge in [0.15, 0.2) is 11.6 Å². The van der Waals surface area contributed by atoms with Crippen LogP contribution < -0.4 is 0 Å². The van der Waals surface area contributed by atoms with Crippen LogP contribution in [0.3, 0.4) is 0 Å². The summed E-state index contributed by atoms with van der Waals surface area (Å²) in [6.07, 6.45) is 1.27. The molecule has 0 atom stereocenters. The molecule has 0 aliphatic heterocycles. The fourth-order valence-corrected chi connectivity index (χ4v) is 2.69. The Labute approximate surface area is 151 Å². The third-order valence-electron chi connectivity index (χ3n) is 4.23. The van der Waals surface area contributed by atoms with E-state index in [0.29, 0.717) is 17.0 Å². The molecule has 0 fully saturated rings. The van der Waals surface area contributed by atoms with E-state index in [0.717, 1.165) is 17.7 Å². The Kier molecular flexibility index (Phi) is 5.12. The van der Waals surface area contributed by atoms with Gasteiger partial charge in [-0.1, -0.05) is 56.3 Å². The van der Waals surface area contributed by atoms with Crippen molar-refractivity contribution in [2.75, 3.05) is 0 Å². The summed E-state index contributed by atoms with van der Waals surface area (Å²) in [5.74, 6) is -1.06. The molecule has 0 aromatic heterocycles. The predicted molar refractivity (Wildman–Crippen MR) is 101 cm³/mol. The minimum absolute atomic E-state index is 0.0188. The number of nitrogens with zero attached hydrogens (tertiary/aromatic N) is 1. The quantitative estimate of drug-likeness (QED) is 0.557. The first-order valence-electron chi connectivity index (χ1n) is 8.37. The second-order valence-electron chi connectivity index (χ2n) is 6.35. The summed E-state index contributed by atoms with van der Waals surface area (Å²) < 4.78 is 27.4. The lowest BCUT2D eigenvalue weighted by atomic mass is 9.97. The second kappa shape index (κ2) is 7.48. The highest BCUT2D eigenvalue weighted by Gasteiger charge is 2.10. The minimum Gasteiger partial charge on any atom is -0.507 e. The molecule has 26 heavy (non-hydrogen) atoms. The number of aliphatic imine (C=N–C) groups is 1. The molecule has 0 spiro atoms. The number of phenols is 1. The Balaban J connectivity index is 1.96. The molecular weight excluding hydrogens is 332 g/mol. The molecule has 132 valence electrons. The molecule has 0 bridgehead atoms. The van der Waals surface area contributed by atoms with E-state index in [1.54, 1.807) is 18.2 Å². The van der Waals surface area contributed by atoms with Gasteiger partial charge in [-0.2, -0.15) is 0 Å². The van der Waals surface area contributed by atoms with Crippen molar-refractivity contribution in [2.24, 2.45) is 4.99 Å². The molecule has 0 radical (unpaired) electrons. The van der Waals surface area contributed by atoms with E-state index in [1.807, 2.05) is 24.3 Å². The molecule has 0 aliphatic carbocycles. The lowest BCUT2D eigenvalue weighted by Gasteiger charge is -2.10. The van der Waals surface area contributed by atoms with Crippen LogP contribution >= 0.6 is 0 Å². The van der Waals surface area contributed by atoms with Gasteiger partial charge in [0, 0.05) is 17.3 Å². The van der Waals surface area contributed by atoms with Gasteiger partial charge in [0.2, 0.25) is 0 Å². The van der Waals surface area contributed by atoms with Crippen LogP contribution in [0.15, 0.2) is 65.7 Å². The molecule has 1 N–H and O–H groups in total. The average molecular weight is 351 g/mol. The Bertz CT molecular complexity index is 927. The minimum atomic E-state index is -0.749. The van der Waals surface area contributed by atoms with Crippen LogP contribution in [0.2, 0.25) is 0 Å². The molecule has 0 heterocycles. The number of benzene rings is 3. The largest absolute Gasteiger partial charge is 0.507 e. The topological polar surface area (TPSA) is 32.6 Å². The van der Waals surface area contributed by atoms with Crippen LogP contribution in [0.5, 0.6) is 5.75 Å². The maximum atomic E-state index is 13.7. The summed E-state index contributed by atoms with van der Waals surface area (Å²) in [6.45, 7) is 4.23. The third-order valence-corrected chi connectivity index (χ3v) is 4.23. The molecule has 3 aromatic rings. The fourth-order valence-electron chi connectivity index (χ4n) is 2.69. The van der Waals surface area contributed by atoms with E-state index >= 15 is 0 Å². The fraction of sp³-hybridized carbons (Fsp3) is 0.136. The Morgan fingerprint density at radius 3 is 2.12 bits per heavy atom. The molecule has 0 saturated carbocycles. The van der Waals surface area contributed by atoms with Crippen LogP contribution in [-0.2, 0) is 0 Å². The van der Waals surface area contributed by atoms with Gasteiger partial charge in [-0.25, -0.2) is 13.8 Å². The van der Waals surface area contributed by atoms with E-state index in [2.05, 4.69) is 18.8 Å². The van der Waals surface area contributed by atoms with Gasteiger partial charge in [0.25, 0.3) is 0 Å². The number of phenolic OH excluding ortho intramolecular Hbond substituents is 1. The normalized spacial score (nSPS) is 11.4. The highest BCUT2D eigenvalue weighted by molar-refractivity contribution is 5.89. The van der Waals surface area contributed by atoms with Crippen LogP contribution in [0.1, 0.15) is 30.9 Å². The van der Waals surface area contributed by atoms with Crippen molar-refractivity contribution in [1.82, 2.24) is 0 Å². The SMILES string of the molecule is CC(C)c1ccc(-c2cccc(C=Nc3c(F)cccc3F)c2O)cc1. The number of halogens is 2. The molecule has 3 rings (SSSR count). The first-order valence-corrected chi connectivity index (χ1v) is 8.37. The van der Waals surface area contributed by atoms with E-state index in [9.17, 15) is 13.9 Å². The highest BCUT2D eigenvalue weighted by atomic mass is 19.1. The maximum Gasteiger partial charge on any atom is 0.151 e. The van der Waals surface area contributed by atoms with E-state index < -0.39 is 11.6 Å². The molecule has 2 nitrogen and oxygen atoms in total. The number of para-hydroxylation sites is 2. The van der Waals surface area contributed by atoms with Gasteiger partial charge in [-0.05, 0) is 35.2 Å². The van der Waals surface area contributed by atoms with Gasteiger partial charge in [0.05, 0.1) is 0 Å². The number of hydrogen-bond acceptors (Lipinski definition) is 2. The first-order chi connectivity index (χ1) is 12.5. The van der Waals surface area contributed by atoms with Crippen LogP contribution in [0.25, 0.3) is 11.1 Å². The summed E-state index contributed by atoms with van der Waals surface area (Å²) in [7, 11) is 0. The smallest absolute Gasteiger partial charge is 0.151 e. The summed E-state index contributed by atoms with van der Waals surface area (Å²) in [5, 5.41) is 10.6. The van der Waals surface area contributed by atoms with Crippen LogP contribution in [-0.4, -0.2) is 11.3 Å². The Hall–Kier alpha value is -3.01. The Morgan fingerprint density at radius 2 is 1.50 bits per heavy atom. The van der Waals surface area contributed by atoms with E-state index in [1.165, 1.54) is 17.8 Å². The van der Waals surface area contributed by atoms with Crippen molar-refractivity contribution in [3.05, 3.63) is 83.4 Å². The first kappa shape index (κ1) is 17.8. The van der Waals surface area contributed by atoms with Gasteiger partial charge in [-0.15, -0.1) is 0 Å². The molecule has 4 heteroatoms. The zero-order chi connectivity index (χ0) is 18.7. The maximum absolute atomic E-state index is 13.7. The highest BCUT2D eigenvalue weighted by Crippen LogP contribution is 2.32. The lowest BCUT2D eigenvalue weighted by molar-refractivity contribution is 0.476. The molecule has 3 aromatic carbocycles. The van der Waals surface area contributed by atoms with Crippen molar-refractivity contribution in [3.8, 4) is 16.9 Å². The summed E-state index contributed by atoms with van der Waals surface area (Å²) in [6, 6.07) is 16.7. The average Bonchev–Trinajstić information content (AvgIpc) is 2.62. The molecular formula is C22H19F2NO. The summed E-state index contributed by atoms with van der Waals surface area (Å²) in [5.41, 5.74) is 2.72. The van der Waals surface area contributed by atoms with Gasteiger partial charge in [0.1, 0.15) is 11.4 Å². The summed E-state index contributed by atoms with van der Waals surface area (Å²) >= 11 is 0. The number of aromatic hydroxyl groups is 1. The lowest BCUT2D eigenvalue weighted by Crippen LogP contribution is -1.90.